The van der Waals surface area contributed by atoms with Gasteiger partial charge in [0.25, 0.3) is 5.91 Å². The normalized spacial score (nSPS) is 19.1. The van der Waals surface area contributed by atoms with Gasteiger partial charge in [0.05, 0.1) is 23.8 Å². The van der Waals surface area contributed by atoms with Crippen molar-refractivity contribution in [3.05, 3.63) is 70.5 Å². The number of piperazine rings is 1. The molecule has 0 spiro atoms. The molecule has 3 fully saturated rings. The molecule has 244 valence electrons. The monoisotopic (exact) mass is 640 g/mol. The van der Waals surface area contributed by atoms with Gasteiger partial charge in [0, 0.05) is 62.5 Å². The number of hydrogen-bond acceptors (Lipinski definition) is 7. The fourth-order valence-electron chi connectivity index (χ4n) is 6.43. The van der Waals surface area contributed by atoms with Crippen LogP contribution in [0.5, 0.6) is 0 Å². The van der Waals surface area contributed by atoms with Gasteiger partial charge in [0.1, 0.15) is 5.82 Å². The summed E-state index contributed by atoms with van der Waals surface area (Å²) in [6.07, 6.45) is 4.64. The molecule has 3 saturated heterocycles. The van der Waals surface area contributed by atoms with E-state index in [1.54, 1.807) is 34.1 Å². The van der Waals surface area contributed by atoms with Crippen molar-refractivity contribution in [1.29, 1.82) is 5.41 Å². The van der Waals surface area contributed by atoms with Crippen LogP contribution in [-0.4, -0.2) is 109 Å². The summed E-state index contributed by atoms with van der Waals surface area (Å²) in [5, 5.41) is 11.9. The molecule has 0 radical (unpaired) electrons. The molecule has 0 aliphatic carbocycles. The first-order chi connectivity index (χ1) is 21.2. The summed E-state index contributed by atoms with van der Waals surface area (Å²) in [7, 11) is 0. The van der Waals surface area contributed by atoms with Crippen molar-refractivity contribution >= 4 is 36.9 Å². The quantitative estimate of drug-likeness (QED) is 0.361. The van der Waals surface area contributed by atoms with E-state index < -0.39 is 17.6 Å². The summed E-state index contributed by atoms with van der Waals surface area (Å²) in [5.74, 6) is -1.65. The van der Waals surface area contributed by atoms with E-state index in [2.05, 4.69) is 10.2 Å². The van der Waals surface area contributed by atoms with Crippen LogP contribution in [0.1, 0.15) is 64.4 Å². The van der Waals surface area contributed by atoms with Gasteiger partial charge in [-0.25, -0.2) is 4.39 Å². The molecular formula is C33H45FN6O4S. The highest BCUT2D eigenvalue weighted by Gasteiger charge is 2.33. The zero-order valence-corrected chi connectivity index (χ0v) is 26.9. The average molecular weight is 641 g/mol. The zero-order chi connectivity index (χ0) is 31.2. The maximum Gasteiger partial charge on any atom is 0.256 e. The highest BCUT2D eigenvalue weighted by atomic mass is 32.1. The van der Waals surface area contributed by atoms with Crippen LogP contribution in [0.15, 0.2) is 42.5 Å². The Morgan fingerprint density at radius 2 is 1.51 bits per heavy atom. The Balaban J connectivity index is 0.00000461. The number of nitrogens with one attached hydrogen (secondary N) is 2. The van der Waals surface area contributed by atoms with Gasteiger partial charge in [-0.2, -0.15) is 13.5 Å². The van der Waals surface area contributed by atoms with E-state index in [0.717, 1.165) is 51.9 Å². The minimum atomic E-state index is -0.637. The predicted molar refractivity (Wildman–Crippen MR) is 176 cm³/mol. The van der Waals surface area contributed by atoms with E-state index in [-0.39, 0.29) is 54.8 Å². The first-order valence-electron chi connectivity index (χ1n) is 15.6. The van der Waals surface area contributed by atoms with Gasteiger partial charge in [-0.05, 0) is 69.5 Å². The second kappa shape index (κ2) is 15.8. The van der Waals surface area contributed by atoms with Crippen LogP contribution < -0.4 is 11.1 Å². The third-order valence-corrected chi connectivity index (χ3v) is 9.09. The van der Waals surface area contributed by atoms with Gasteiger partial charge in [-0.1, -0.05) is 24.3 Å². The summed E-state index contributed by atoms with van der Waals surface area (Å²) < 4.78 is 21.2. The minimum absolute atomic E-state index is 0. The van der Waals surface area contributed by atoms with Gasteiger partial charge < -0.3 is 31.0 Å². The van der Waals surface area contributed by atoms with Crippen LogP contribution in [0.3, 0.4) is 0 Å². The van der Waals surface area contributed by atoms with E-state index in [9.17, 15) is 18.8 Å². The fourth-order valence-corrected chi connectivity index (χ4v) is 6.43. The highest BCUT2D eigenvalue weighted by Crippen LogP contribution is 2.22. The molecule has 3 aliphatic rings. The fraction of sp³-hybridized carbons (Fsp3) is 0.515. The number of primary amides is 1. The SMILES string of the molecule is CC(C(=O)N1CCN(C(=O)c2cc(CC(=N)c3ccccc3C(N)=O)ccc2F)CC1)N1CCC(OC2CCNCC2)CC1.S. The van der Waals surface area contributed by atoms with Crippen molar-refractivity contribution in [2.75, 3.05) is 52.4 Å². The van der Waals surface area contributed by atoms with E-state index >= 15 is 0 Å². The second-order valence-electron chi connectivity index (χ2n) is 12.0. The Kier molecular flexibility index (Phi) is 12.1. The third-order valence-electron chi connectivity index (χ3n) is 9.09. The molecule has 2 aromatic rings. The van der Waals surface area contributed by atoms with Crippen LogP contribution >= 0.6 is 13.5 Å². The van der Waals surface area contributed by atoms with Crippen LogP contribution in [0.25, 0.3) is 0 Å². The first-order valence-corrected chi connectivity index (χ1v) is 15.6. The minimum Gasteiger partial charge on any atom is -0.375 e. The molecular weight excluding hydrogens is 595 g/mol. The lowest BCUT2D eigenvalue weighted by atomic mass is 9.96. The van der Waals surface area contributed by atoms with E-state index in [1.165, 1.54) is 18.2 Å². The lowest BCUT2D eigenvalue weighted by Crippen LogP contribution is -2.56. The van der Waals surface area contributed by atoms with Crippen LogP contribution in [0.4, 0.5) is 4.39 Å². The molecule has 0 aromatic heterocycles. The standard InChI is InChI=1S/C33H43FN6O4.H2S/c1-22(38-14-10-25(11-15-38)44-24-8-12-37-13-9-24)32(42)39-16-18-40(19-17-39)33(43)28-20-23(6-7-29(28)34)21-30(35)26-4-2-3-5-27(26)31(36)41;/h2-7,20,22,24-25,35,37H,8-19,21H2,1H3,(H2,36,41);1H2. The number of benzene rings is 2. The Bertz CT molecular complexity index is 1370. The highest BCUT2D eigenvalue weighted by molar-refractivity contribution is 7.59. The van der Waals surface area contributed by atoms with Crippen molar-refractivity contribution in [2.24, 2.45) is 5.73 Å². The largest absolute Gasteiger partial charge is 0.375 e. The molecule has 3 aliphatic heterocycles. The maximum atomic E-state index is 14.8. The summed E-state index contributed by atoms with van der Waals surface area (Å²) in [6.45, 7) is 7.02. The van der Waals surface area contributed by atoms with Gasteiger partial charge in [-0.15, -0.1) is 0 Å². The van der Waals surface area contributed by atoms with Crippen molar-refractivity contribution in [1.82, 2.24) is 20.0 Å². The predicted octanol–water partition coefficient (Wildman–Crippen LogP) is 2.55. The smallest absolute Gasteiger partial charge is 0.256 e. The first kappa shape index (κ1) is 34.6. The van der Waals surface area contributed by atoms with Crippen molar-refractivity contribution < 1.29 is 23.5 Å². The number of ether oxygens (including phenoxy) is 1. The second-order valence-corrected chi connectivity index (χ2v) is 12.0. The molecule has 3 heterocycles. The molecule has 1 unspecified atom stereocenters. The van der Waals surface area contributed by atoms with Crippen LogP contribution in [0, 0.1) is 11.2 Å². The lowest BCUT2D eigenvalue weighted by Gasteiger charge is -2.40. The number of amides is 3. The Morgan fingerprint density at radius 3 is 2.16 bits per heavy atom. The summed E-state index contributed by atoms with van der Waals surface area (Å²) in [5.41, 5.74) is 6.75. The van der Waals surface area contributed by atoms with Crippen LogP contribution in [0.2, 0.25) is 0 Å². The van der Waals surface area contributed by atoms with E-state index in [0.29, 0.717) is 43.4 Å². The van der Waals surface area contributed by atoms with Gasteiger partial charge >= 0.3 is 0 Å². The molecule has 3 amide bonds. The maximum absolute atomic E-state index is 14.8. The molecule has 4 N–H and O–H groups in total. The number of carbonyl (C=O) groups is 3. The lowest BCUT2D eigenvalue weighted by molar-refractivity contribution is -0.139. The van der Waals surface area contributed by atoms with Crippen LogP contribution in [-0.2, 0) is 16.0 Å². The number of nitrogens with zero attached hydrogens (tertiary/aromatic N) is 3. The number of carbonyl (C=O) groups excluding carboxylic acids is 3. The van der Waals surface area contributed by atoms with Crippen molar-refractivity contribution in [3.8, 4) is 0 Å². The number of halogens is 1. The molecule has 45 heavy (non-hydrogen) atoms. The third kappa shape index (κ3) is 8.49. The topological polar surface area (TPSA) is 132 Å². The summed E-state index contributed by atoms with van der Waals surface area (Å²) in [6, 6.07) is 10.6. The van der Waals surface area contributed by atoms with E-state index in [1.807, 2.05) is 6.92 Å². The molecule has 12 heteroatoms. The van der Waals surface area contributed by atoms with Gasteiger partial charge in [-0.3, -0.25) is 19.3 Å². The molecule has 2 aromatic carbocycles. The zero-order valence-electron chi connectivity index (χ0n) is 25.9. The Morgan fingerprint density at radius 1 is 0.911 bits per heavy atom. The molecule has 1 atom stereocenters. The molecule has 5 rings (SSSR count). The number of hydrogen-bond donors (Lipinski definition) is 3. The number of nitrogens with two attached hydrogens (primary N) is 1. The molecule has 0 saturated carbocycles. The van der Waals surface area contributed by atoms with E-state index in [4.69, 9.17) is 15.9 Å². The van der Waals surface area contributed by atoms with Gasteiger partial charge in [0.2, 0.25) is 11.8 Å². The Labute approximate surface area is 271 Å². The number of piperidine rings is 2. The summed E-state index contributed by atoms with van der Waals surface area (Å²) >= 11 is 0. The number of likely N-dealkylation sites (tertiary alicyclic amines) is 1. The average Bonchev–Trinajstić information content (AvgIpc) is 3.05. The van der Waals surface area contributed by atoms with Crippen molar-refractivity contribution in [2.45, 2.75) is 57.3 Å². The molecule has 0 bridgehead atoms. The summed E-state index contributed by atoms with van der Waals surface area (Å²) in [4.78, 5) is 44.1. The Hall–Kier alpha value is -3.32. The number of rotatable bonds is 9. The molecule has 10 nitrogen and oxygen atoms in total. The van der Waals surface area contributed by atoms with Gasteiger partial charge in [0.15, 0.2) is 0 Å². The van der Waals surface area contributed by atoms with Crippen molar-refractivity contribution in [3.63, 3.8) is 0 Å².